The number of nitrogens with one attached hydrogen (secondary N) is 1. The van der Waals surface area contributed by atoms with Gasteiger partial charge >= 0.3 is 0 Å². The van der Waals surface area contributed by atoms with Crippen molar-refractivity contribution in [3.8, 4) is 11.5 Å². The van der Waals surface area contributed by atoms with Crippen LogP contribution in [0, 0.1) is 6.92 Å². The third kappa shape index (κ3) is 4.89. The molecule has 2 N–H and O–H groups in total. The van der Waals surface area contributed by atoms with Crippen LogP contribution in [0.4, 0.5) is 0 Å². The first-order chi connectivity index (χ1) is 14.0. The van der Waals surface area contributed by atoms with E-state index < -0.39 is 5.60 Å². The van der Waals surface area contributed by atoms with Crippen molar-refractivity contribution < 1.29 is 19.4 Å². The summed E-state index contributed by atoms with van der Waals surface area (Å²) in [6.07, 6.45) is 1.21. The van der Waals surface area contributed by atoms with E-state index >= 15 is 0 Å². The largest absolute Gasteiger partial charge is 0.493 e. The summed E-state index contributed by atoms with van der Waals surface area (Å²) in [6, 6.07) is 13.8. The highest BCUT2D eigenvalue weighted by atomic mass is 16.5. The highest BCUT2D eigenvalue weighted by Crippen LogP contribution is 2.33. The van der Waals surface area contributed by atoms with Crippen LogP contribution in [-0.2, 0) is 17.9 Å². The molecule has 2 aromatic carbocycles. The van der Waals surface area contributed by atoms with E-state index in [0.717, 1.165) is 17.5 Å². The van der Waals surface area contributed by atoms with Crippen molar-refractivity contribution in [2.75, 3.05) is 27.3 Å². The number of nitrogens with zero attached hydrogens (tertiary/aromatic N) is 1. The van der Waals surface area contributed by atoms with E-state index in [1.54, 1.807) is 19.1 Å². The second kappa shape index (κ2) is 9.29. The van der Waals surface area contributed by atoms with Crippen LogP contribution < -0.4 is 14.8 Å². The maximum Gasteiger partial charge on any atom is 0.256 e. The number of methoxy groups -OCH3 is 2. The topological polar surface area (TPSA) is 71.0 Å². The first kappa shape index (κ1) is 21.1. The fraction of sp³-hybridized carbons (Fsp3) is 0.435. The lowest BCUT2D eigenvalue weighted by Crippen LogP contribution is -2.57. The zero-order chi connectivity index (χ0) is 20.9. The molecular formula is C23H30N2O4. The number of aryl methyl sites for hydroxylation is 1. The first-order valence-electron chi connectivity index (χ1n) is 9.95. The first-order valence-corrected chi connectivity index (χ1v) is 9.95. The van der Waals surface area contributed by atoms with E-state index in [1.165, 1.54) is 5.56 Å². The van der Waals surface area contributed by atoms with Gasteiger partial charge in [0.2, 0.25) is 0 Å². The second-order valence-electron chi connectivity index (χ2n) is 7.60. The predicted octanol–water partition coefficient (Wildman–Crippen LogP) is 2.66. The highest BCUT2D eigenvalue weighted by molar-refractivity contribution is 5.86. The van der Waals surface area contributed by atoms with Crippen LogP contribution in [0.3, 0.4) is 0 Å². The number of carbonyl (C=O) groups excluding carboxylic acids is 1. The Morgan fingerprint density at radius 3 is 2.59 bits per heavy atom. The summed E-state index contributed by atoms with van der Waals surface area (Å²) in [5.41, 5.74) is 1.80. The Morgan fingerprint density at radius 2 is 1.90 bits per heavy atom. The van der Waals surface area contributed by atoms with Crippen LogP contribution in [-0.4, -0.2) is 48.8 Å². The third-order valence-electron chi connectivity index (χ3n) is 5.42. The van der Waals surface area contributed by atoms with Gasteiger partial charge in [-0.25, -0.2) is 0 Å². The molecule has 1 aliphatic heterocycles. The number of hydrogen-bond donors (Lipinski definition) is 2. The van der Waals surface area contributed by atoms with Gasteiger partial charge in [0.25, 0.3) is 5.91 Å². The van der Waals surface area contributed by atoms with Crippen LogP contribution in [0.1, 0.15) is 29.5 Å². The molecule has 156 valence electrons. The van der Waals surface area contributed by atoms with Gasteiger partial charge in [0.05, 0.1) is 14.2 Å². The maximum absolute atomic E-state index is 13.1. The zero-order valence-electron chi connectivity index (χ0n) is 17.4. The van der Waals surface area contributed by atoms with Gasteiger partial charge in [0.15, 0.2) is 17.1 Å². The minimum Gasteiger partial charge on any atom is -0.493 e. The van der Waals surface area contributed by atoms with Crippen molar-refractivity contribution in [1.82, 2.24) is 10.2 Å². The molecule has 0 aromatic heterocycles. The summed E-state index contributed by atoms with van der Waals surface area (Å²) < 4.78 is 10.8. The Balaban J connectivity index is 1.65. The fourth-order valence-corrected chi connectivity index (χ4v) is 3.78. The number of likely N-dealkylation sites (tertiary alicyclic amines) is 1. The van der Waals surface area contributed by atoms with Gasteiger partial charge in [-0.15, -0.1) is 0 Å². The highest BCUT2D eigenvalue weighted by Gasteiger charge is 2.42. The summed E-state index contributed by atoms with van der Waals surface area (Å²) in [5, 5.41) is 14.3. The average Bonchev–Trinajstić information content (AvgIpc) is 2.73. The SMILES string of the molecule is COc1cccc(CN2CCCC(O)(CNCc3ccc(C)cc3)C2=O)c1OC. The van der Waals surface area contributed by atoms with Gasteiger partial charge in [0, 0.05) is 31.7 Å². The van der Waals surface area contributed by atoms with Crippen molar-refractivity contribution >= 4 is 5.91 Å². The molecule has 1 heterocycles. The van der Waals surface area contributed by atoms with Crippen LogP contribution in [0.15, 0.2) is 42.5 Å². The standard InChI is InChI=1S/C23H30N2O4/c1-17-8-10-18(11-9-17)14-24-16-23(27)12-5-13-25(22(23)26)15-19-6-4-7-20(28-2)21(19)29-3/h4,6-11,24,27H,5,12-16H2,1-3H3. The number of aliphatic hydroxyl groups is 1. The number of carbonyl (C=O) groups is 1. The summed E-state index contributed by atoms with van der Waals surface area (Å²) in [5.74, 6) is 1.00. The molecule has 0 saturated carbocycles. The molecule has 1 fully saturated rings. The van der Waals surface area contributed by atoms with Gasteiger partial charge in [-0.2, -0.15) is 0 Å². The van der Waals surface area contributed by atoms with Crippen molar-refractivity contribution in [3.63, 3.8) is 0 Å². The van der Waals surface area contributed by atoms with Crippen LogP contribution in [0.25, 0.3) is 0 Å². The van der Waals surface area contributed by atoms with Crippen molar-refractivity contribution in [2.45, 2.75) is 38.5 Å². The number of amides is 1. The normalized spacial score (nSPS) is 19.3. The van der Waals surface area contributed by atoms with Crippen LogP contribution in [0.5, 0.6) is 11.5 Å². The summed E-state index contributed by atoms with van der Waals surface area (Å²) in [4.78, 5) is 14.8. The van der Waals surface area contributed by atoms with E-state index in [4.69, 9.17) is 9.47 Å². The van der Waals surface area contributed by atoms with Gasteiger partial charge in [-0.3, -0.25) is 4.79 Å². The molecule has 6 heteroatoms. The Morgan fingerprint density at radius 1 is 1.14 bits per heavy atom. The molecule has 0 aliphatic carbocycles. The fourth-order valence-electron chi connectivity index (χ4n) is 3.78. The summed E-state index contributed by atoms with van der Waals surface area (Å²) in [7, 11) is 3.18. The van der Waals surface area contributed by atoms with E-state index in [1.807, 2.05) is 25.1 Å². The smallest absolute Gasteiger partial charge is 0.256 e. The van der Waals surface area contributed by atoms with Crippen LogP contribution >= 0.6 is 0 Å². The molecule has 1 aliphatic rings. The monoisotopic (exact) mass is 398 g/mol. The minimum absolute atomic E-state index is 0.228. The molecule has 29 heavy (non-hydrogen) atoms. The Hall–Kier alpha value is -2.57. The molecule has 3 rings (SSSR count). The molecule has 6 nitrogen and oxygen atoms in total. The lowest BCUT2D eigenvalue weighted by atomic mass is 9.91. The molecule has 1 saturated heterocycles. The summed E-state index contributed by atoms with van der Waals surface area (Å²) >= 11 is 0. The molecule has 0 radical (unpaired) electrons. The Labute approximate surface area is 172 Å². The number of rotatable bonds is 8. The number of para-hydroxylation sites is 1. The Kier molecular flexibility index (Phi) is 6.77. The van der Waals surface area contributed by atoms with Gasteiger partial charge in [0.1, 0.15) is 0 Å². The number of piperidine rings is 1. The molecule has 2 aromatic rings. The van der Waals surface area contributed by atoms with Gasteiger partial charge < -0.3 is 24.8 Å². The summed E-state index contributed by atoms with van der Waals surface area (Å²) in [6.45, 7) is 3.87. The lowest BCUT2D eigenvalue weighted by molar-refractivity contribution is -0.157. The zero-order valence-corrected chi connectivity index (χ0v) is 17.4. The average molecular weight is 399 g/mol. The molecule has 1 amide bonds. The number of benzene rings is 2. The van der Waals surface area contributed by atoms with Crippen molar-refractivity contribution in [2.24, 2.45) is 0 Å². The third-order valence-corrected chi connectivity index (χ3v) is 5.42. The predicted molar refractivity (Wildman–Crippen MR) is 112 cm³/mol. The van der Waals surface area contributed by atoms with E-state index in [-0.39, 0.29) is 12.5 Å². The number of hydrogen-bond acceptors (Lipinski definition) is 5. The second-order valence-corrected chi connectivity index (χ2v) is 7.60. The quantitative estimate of drug-likeness (QED) is 0.715. The van der Waals surface area contributed by atoms with E-state index in [2.05, 4.69) is 29.6 Å². The Bertz CT molecular complexity index is 837. The van der Waals surface area contributed by atoms with Gasteiger partial charge in [-0.05, 0) is 31.4 Å². The van der Waals surface area contributed by atoms with Crippen molar-refractivity contribution in [1.29, 1.82) is 0 Å². The van der Waals surface area contributed by atoms with E-state index in [9.17, 15) is 9.90 Å². The van der Waals surface area contributed by atoms with Gasteiger partial charge in [-0.1, -0.05) is 42.0 Å². The van der Waals surface area contributed by atoms with Crippen LogP contribution in [0.2, 0.25) is 0 Å². The molecule has 0 spiro atoms. The van der Waals surface area contributed by atoms with E-state index in [0.29, 0.717) is 37.6 Å². The number of ether oxygens (including phenoxy) is 2. The maximum atomic E-state index is 13.1. The van der Waals surface area contributed by atoms with Crippen molar-refractivity contribution in [3.05, 3.63) is 59.2 Å². The molecular weight excluding hydrogens is 368 g/mol. The molecule has 1 atom stereocenters. The molecule has 1 unspecified atom stereocenters. The lowest BCUT2D eigenvalue weighted by Gasteiger charge is -2.38. The molecule has 0 bridgehead atoms. The minimum atomic E-state index is -1.39.